The van der Waals surface area contributed by atoms with Gasteiger partial charge in [-0.3, -0.25) is 4.98 Å². The van der Waals surface area contributed by atoms with Gasteiger partial charge in [-0.2, -0.15) is 0 Å². The number of aromatic nitrogens is 3. The molecule has 0 aliphatic heterocycles. The van der Waals surface area contributed by atoms with Crippen LogP contribution in [0.2, 0.25) is 0 Å². The average molecular weight is 265 g/mol. The second kappa shape index (κ2) is 3.00. The van der Waals surface area contributed by atoms with Crippen LogP contribution in [-0.4, -0.2) is 9.97 Å². The van der Waals surface area contributed by atoms with Crippen LogP contribution in [0.3, 0.4) is 0 Å². The molecule has 15 heavy (non-hydrogen) atoms. The van der Waals surface area contributed by atoms with Gasteiger partial charge < -0.3 is 9.97 Å². The van der Waals surface area contributed by atoms with Crippen LogP contribution in [0.15, 0.2) is 29.1 Å². The lowest BCUT2D eigenvalue weighted by Gasteiger charge is -2.03. The lowest BCUT2D eigenvalue weighted by atomic mass is 10.2. The van der Waals surface area contributed by atoms with E-state index in [0.29, 0.717) is 9.99 Å². The highest BCUT2D eigenvalue weighted by molar-refractivity contribution is 9.10. The summed E-state index contributed by atoms with van der Waals surface area (Å²) in [5, 5.41) is 0.804. The van der Waals surface area contributed by atoms with E-state index < -0.39 is 0 Å². The van der Waals surface area contributed by atoms with Crippen LogP contribution < -0.4 is 4.98 Å². The minimum atomic E-state index is -0.325. The number of rotatable bonds is 0. The maximum atomic E-state index is 13.3. The van der Waals surface area contributed by atoms with E-state index in [2.05, 4.69) is 30.9 Å². The van der Waals surface area contributed by atoms with E-state index in [1.54, 1.807) is 12.3 Å². The fraction of sp³-hybridized carbons (Fsp3) is 0. The molecule has 0 saturated heterocycles. The molecule has 0 saturated carbocycles. The predicted octanol–water partition coefficient (Wildman–Crippen LogP) is 2.64. The second-order valence-corrected chi connectivity index (χ2v) is 4.00. The van der Waals surface area contributed by atoms with Crippen LogP contribution in [0, 0.1) is 5.82 Å². The third-order valence-corrected chi connectivity index (χ3v) is 2.85. The SMILES string of the molecule is Fc1cc2ncc3nc[n-]c3c2cc1Br. The smallest absolute Gasteiger partial charge is 0.139 e. The van der Waals surface area contributed by atoms with Crippen LogP contribution in [0.25, 0.3) is 21.9 Å². The summed E-state index contributed by atoms with van der Waals surface area (Å²) in [5.74, 6) is -0.325. The van der Waals surface area contributed by atoms with E-state index in [-0.39, 0.29) is 5.82 Å². The topological polar surface area (TPSA) is 39.9 Å². The van der Waals surface area contributed by atoms with Gasteiger partial charge in [0.15, 0.2) is 0 Å². The summed E-state index contributed by atoms with van der Waals surface area (Å²) in [4.78, 5) is 12.3. The zero-order valence-corrected chi connectivity index (χ0v) is 8.99. The van der Waals surface area contributed by atoms with Crippen LogP contribution in [0.4, 0.5) is 4.39 Å². The maximum Gasteiger partial charge on any atom is 0.139 e. The number of nitrogens with zero attached hydrogens (tertiary/aromatic N) is 3. The van der Waals surface area contributed by atoms with E-state index in [0.717, 1.165) is 16.4 Å². The van der Waals surface area contributed by atoms with Gasteiger partial charge >= 0.3 is 0 Å². The van der Waals surface area contributed by atoms with E-state index in [9.17, 15) is 4.39 Å². The normalized spacial score (nSPS) is 11.3. The summed E-state index contributed by atoms with van der Waals surface area (Å²) in [6.07, 6.45) is 3.07. The molecule has 0 aliphatic rings. The molecule has 5 heteroatoms. The Morgan fingerprint density at radius 2 is 2.07 bits per heavy atom. The zero-order chi connectivity index (χ0) is 10.4. The molecule has 0 bridgehead atoms. The molecule has 0 fully saturated rings. The number of halogens is 2. The first kappa shape index (κ1) is 8.79. The minimum absolute atomic E-state index is 0.325. The van der Waals surface area contributed by atoms with E-state index in [1.807, 2.05) is 0 Å². The molecule has 1 aromatic carbocycles. The standard InChI is InChI=1S/C10H4BrFN3/c11-6-1-5-8(2-7(6)12)13-3-9-10(5)15-4-14-9/h1-4H/q-1. The molecule has 0 spiro atoms. The molecular weight excluding hydrogens is 261 g/mol. The third-order valence-electron chi connectivity index (χ3n) is 2.25. The molecule has 0 unspecified atom stereocenters. The Balaban J connectivity index is 2.57. The molecule has 0 aliphatic carbocycles. The van der Waals surface area contributed by atoms with Crippen molar-refractivity contribution in [3.63, 3.8) is 0 Å². The molecule has 0 radical (unpaired) electrons. The van der Waals surface area contributed by atoms with Crippen molar-refractivity contribution in [2.45, 2.75) is 0 Å². The monoisotopic (exact) mass is 264 g/mol. The Bertz CT molecular complexity index is 662. The third kappa shape index (κ3) is 1.23. The Morgan fingerprint density at radius 3 is 2.93 bits per heavy atom. The number of pyridine rings is 1. The number of imidazole rings is 1. The number of hydrogen-bond donors (Lipinski definition) is 0. The lowest BCUT2D eigenvalue weighted by molar-refractivity contribution is 0.623. The van der Waals surface area contributed by atoms with Crippen molar-refractivity contribution in [2.75, 3.05) is 0 Å². The Hall–Kier alpha value is -1.49. The van der Waals surface area contributed by atoms with Gasteiger partial charge in [0.1, 0.15) is 5.82 Å². The highest BCUT2D eigenvalue weighted by Gasteiger charge is 2.04. The molecule has 0 N–H and O–H groups in total. The molecule has 2 aromatic heterocycles. The zero-order valence-electron chi connectivity index (χ0n) is 7.41. The van der Waals surface area contributed by atoms with E-state index in [1.165, 1.54) is 12.4 Å². The van der Waals surface area contributed by atoms with Crippen molar-refractivity contribution in [2.24, 2.45) is 0 Å². The van der Waals surface area contributed by atoms with Crippen molar-refractivity contribution in [1.82, 2.24) is 15.0 Å². The minimum Gasteiger partial charge on any atom is -0.442 e. The first-order chi connectivity index (χ1) is 7.25. The largest absolute Gasteiger partial charge is 0.442 e. The fourth-order valence-corrected chi connectivity index (χ4v) is 1.88. The van der Waals surface area contributed by atoms with Crippen LogP contribution in [0.5, 0.6) is 0 Å². The highest BCUT2D eigenvalue weighted by Crippen LogP contribution is 2.25. The van der Waals surface area contributed by atoms with Gasteiger partial charge in [-0.05, 0) is 33.0 Å². The van der Waals surface area contributed by atoms with Crippen molar-refractivity contribution in [3.05, 3.63) is 34.9 Å². The van der Waals surface area contributed by atoms with Gasteiger partial charge in [0, 0.05) is 17.6 Å². The van der Waals surface area contributed by atoms with Crippen molar-refractivity contribution < 1.29 is 4.39 Å². The van der Waals surface area contributed by atoms with Gasteiger partial charge in [0.25, 0.3) is 0 Å². The summed E-state index contributed by atoms with van der Waals surface area (Å²) in [5.41, 5.74) is 2.06. The number of benzene rings is 1. The Morgan fingerprint density at radius 1 is 1.20 bits per heavy atom. The van der Waals surface area contributed by atoms with Gasteiger partial charge in [-0.25, -0.2) is 4.39 Å². The molecule has 74 valence electrons. The van der Waals surface area contributed by atoms with Crippen molar-refractivity contribution in [1.29, 1.82) is 0 Å². The molecule has 3 aromatic rings. The molecule has 0 atom stereocenters. The van der Waals surface area contributed by atoms with Crippen LogP contribution in [-0.2, 0) is 0 Å². The van der Waals surface area contributed by atoms with Crippen LogP contribution in [0.1, 0.15) is 0 Å². The second-order valence-electron chi connectivity index (χ2n) is 3.15. The van der Waals surface area contributed by atoms with Crippen LogP contribution >= 0.6 is 15.9 Å². The number of hydrogen-bond acceptors (Lipinski definition) is 2. The number of fused-ring (bicyclic) bond motifs is 3. The Labute approximate surface area is 92.5 Å². The lowest BCUT2D eigenvalue weighted by Crippen LogP contribution is -1.85. The van der Waals surface area contributed by atoms with Gasteiger partial charge in [-0.1, -0.05) is 6.33 Å². The summed E-state index contributed by atoms with van der Waals surface area (Å²) < 4.78 is 13.7. The highest BCUT2D eigenvalue weighted by atomic mass is 79.9. The summed E-state index contributed by atoms with van der Waals surface area (Å²) >= 11 is 3.14. The van der Waals surface area contributed by atoms with Gasteiger partial charge in [-0.15, -0.1) is 0 Å². The van der Waals surface area contributed by atoms with E-state index >= 15 is 0 Å². The van der Waals surface area contributed by atoms with Crippen molar-refractivity contribution in [3.8, 4) is 0 Å². The molecular formula is C10H4BrFN3-. The van der Waals surface area contributed by atoms with Gasteiger partial charge in [0.05, 0.1) is 9.99 Å². The molecule has 0 amide bonds. The first-order valence-electron chi connectivity index (χ1n) is 4.27. The van der Waals surface area contributed by atoms with Gasteiger partial charge in [0.2, 0.25) is 0 Å². The summed E-state index contributed by atoms with van der Waals surface area (Å²) in [6, 6.07) is 3.06. The fourth-order valence-electron chi connectivity index (χ4n) is 1.54. The van der Waals surface area contributed by atoms with E-state index in [4.69, 9.17) is 0 Å². The molecule has 3 rings (SSSR count). The quantitative estimate of drug-likeness (QED) is 0.627. The average Bonchev–Trinajstić information content (AvgIpc) is 2.68. The summed E-state index contributed by atoms with van der Waals surface area (Å²) in [6.45, 7) is 0. The van der Waals surface area contributed by atoms with Crippen molar-refractivity contribution >= 4 is 37.9 Å². The molecule has 2 heterocycles. The Kier molecular flexibility index (Phi) is 1.76. The maximum absolute atomic E-state index is 13.3. The molecule has 3 nitrogen and oxygen atoms in total. The predicted molar refractivity (Wildman–Crippen MR) is 58.0 cm³/mol. The first-order valence-corrected chi connectivity index (χ1v) is 5.06. The summed E-state index contributed by atoms with van der Waals surface area (Å²) in [7, 11) is 0.